The highest BCUT2D eigenvalue weighted by Crippen LogP contribution is 2.23. The van der Waals surface area contributed by atoms with Crippen LogP contribution in [0.4, 0.5) is 0 Å². The molecule has 2 amide bonds. The van der Waals surface area contributed by atoms with Gasteiger partial charge in [-0.3, -0.25) is 14.4 Å². The number of carbonyl (C=O) groups is 2. The van der Waals surface area contributed by atoms with Crippen LogP contribution in [0.15, 0.2) is 94.8 Å². The Balaban J connectivity index is 1.75. The molecule has 0 radical (unpaired) electrons. The highest BCUT2D eigenvalue weighted by atomic mass is 16.2. The SMILES string of the molecule is CC(C)(C)/C(=N\NC(=O)C(NC(=O)c1ccccc1)c1n[nH]c(=O)c2ccccc12)c1ccccc1. The van der Waals surface area contributed by atoms with Crippen LogP contribution < -0.4 is 16.3 Å². The first-order valence-corrected chi connectivity index (χ1v) is 11.5. The number of aromatic amines is 1. The van der Waals surface area contributed by atoms with Gasteiger partial charge >= 0.3 is 0 Å². The monoisotopic (exact) mass is 481 g/mol. The molecule has 0 aliphatic rings. The van der Waals surface area contributed by atoms with E-state index in [1.54, 1.807) is 54.6 Å². The van der Waals surface area contributed by atoms with Gasteiger partial charge in [0.25, 0.3) is 17.4 Å². The van der Waals surface area contributed by atoms with E-state index in [4.69, 9.17) is 0 Å². The van der Waals surface area contributed by atoms with Crippen molar-refractivity contribution < 1.29 is 9.59 Å². The second-order valence-electron chi connectivity index (χ2n) is 9.31. The molecule has 0 spiro atoms. The molecule has 1 unspecified atom stereocenters. The van der Waals surface area contributed by atoms with E-state index in [0.29, 0.717) is 22.0 Å². The van der Waals surface area contributed by atoms with Crippen molar-refractivity contribution in [3.05, 3.63) is 112 Å². The Bertz CT molecular complexity index is 1470. The van der Waals surface area contributed by atoms with Gasteiger partial charge in [0.1, 0.15) is 5.69 Å². The molecule has 1 heterocycles. The van der Waals surface area contributed by atoms with Crippen molar-refractivity contribution in [2.75, 3.05) is 0 Å². The molecular formula is C28H27N5O3. The largest absolute Gasteiger partial charge is 0.335 e. The molecule has 0 fully saturated rings. The summed E-state index contributed by atoms with van der Waals surface area (Å²) in [6.45, 7) is 5.99. The lowest BCUT2D eigenvalue weighted by Gasteiger charge is -2.23. The molecule has 0 bridgehead atoms. The predicted molar refractivity (Wildman–Crippen MR) is 140 cm³/mol. The first-order chi connectivity index (χ1) is 17.3. The van der Waals surface area contributed by atoms with Gasteiger partial charge in [0.15, 0.2) is 6.04 Å². The summed E-state index contributed by atoms with van der Waals surface area (Å²) in [5.41, 5.74) is 3.98. The molecule has 0 aliphatic carbocycles. The molecule has 1 atom stereocenters. The first kappa shape index (κ1) is 24.5. The van der Waals surface area contributed by atoms with Gasteiger partial charge in [0.2, 0.25) is 0 Å². The van der Waals surface area contributed by atoms with Gasteiger partial charge in [-0.05, 0) is 23.8 Å². The van der Waals surface area contributed by atoms with Crippen molar-refractivity contribution in [1.29, 1.82) is 0 Å². The molecule has 0 saturated carbocycles. The highest BCUT2D eigenvalue weighted by molar-refractivity contribution is 6.05. The van der Waals surface area contributed by atoms with E-state index in [2.05, 4.69) is 26.0 Å². The molecule has 182 valence electrons. The van der Waals surface area contributed by atoms with Crippen LogP contribution in [-0.2, 0) is 4.79 Å². The molecule has 8 nitrogen and oxygen atoms in total. The van der Waals surface area contributed by atoms with E-state index in [1.807, 2.05) is 51.1 Å². The van der Waals surface area contributed by atoms with Crippen LogP contribution in [0, 0.1) is 5.41 Å². The Hall–Kier alpha value is -4.59. The molecule has 0 aliphatic heterocycles. The van der Waals surface area contributed by atoms with E-state index in [-0.39, 0.29) is 16.7 Å². The maximum atomic E-state index is 13.5. The van der Waals surface area contributed by atoms with Crippen LogP contribution in [0.5, 0.6) is 0 Å². The minimum atomic E-state index is -1.22. The number of H-pyrrole nitrogens is 1. The number of carbonyl (C=O) groups excluding carboxylic acids is 2. The van der Waals surface area contributed by atoms with Gasteiger partial charge < -0.3 is 5.32 Å². The summed E-state index contributed by atoms with van der Waals surface area (Å²) in [4.78, 5) is 38.9. The maximum absolute atomic E-state index is 13.5. The Labute approximate surface area is 208 Å². The second-order valence-corrected chi connectivity index (χ2v) is 9.31. The van der Waals surface area contributed by atoms with Crippen molar-refractivity contribution >= 4 is 28.3 Å². The molecule has 3 N–H and O–H groups in total. The van der Waals surface area contributed by atoms with E-state index in [0.717, 1.165) is 5.56 Å². The van der Waals surface area contributed by atoms with Crippen molar-refractivity contribution in [2.45, 2.75) is 26.8 Å². The molecule has 36 heavy (non-hydrogen) atoms. The summed E-state index contributed by atoms with van der Waals surface area (Å²) < 4.78 is 0. The van der Waals surface area contributed by atoms with Gasteiger partial charge in [-0.15, -0.1) is 0 Å². The van der Waals surface area contributed by atoms with E-state index < -0.39 is 17.9 Å². The van der Waals surface area contributed by atoms with Gasteiger partial charge in [-0.2, -0.15) is 10.2 Å². The lowest BCUT2D eigenvalue weighted by atomic mass is 9.86. The number of aromatic nitrogens is 2. The fraction of sp³-hybridized carbons (Fsp3) is 0.179. The van der Waals surface area contributed by atoms with E-state index in [1.165, 1.54) is 0 Å². The van der Waals surface area contributed by atoms with Crippen molar-refractivity contribution in [1.82, 2.24) is 20.9 Å². The Morgan fingerprint density at radius 3 is 2.00 bits per heavy atom. The van der Waals surface area contributed by atoms with Gasteiger partial charge in [0, 0.05) is 16.4 Å². The molecule has 3 aromatic carbocycles. The summed E-state index contributed by atoms with van der Waals surface area (Å²) in [6.07, 6.45) is 0. The smallest absolute Gasteiger partial charge is 0.272 e. The molecule has 4 rings (SSSR count). The third kappa shape index (κ3) is 5.38. The van der Waals surface area contributed by atoms with Crippen LogP contribution in [0.1, 0.15) is 48.4 Å². The van der Waals surface area contributed by atoms with E-state index in [9.17, 15) is 14.4 Å². The fourth-order valence-electron chi connectivity index (χ4n) is 3.85. The van der Waals surface area contributed by atoms with Crippen molar-refractivity contribution in [3.63, 3.8) is 0 Å². The van der Waals surface area contributed by atoms with Crippen molar-refractivity contribution in [3.8, 4) is 0 Å². The van der Waals surface area contributed by atoms with Crippen LogP contribution in [0.3, 0.4) is 0 Å². The fourth-order valence-corrected chi connectivity index (χ4v) is 3.85. The number of rotatable bonds is 6. The summed E-state index contributed by atoms with van der Waals surface area (Å²) in [6, 6.07) is 23.7. The molecular weight excluding hydrogens is 454 g/mol. The van der Waals surface area contributed by atoms with Gasteiger partial charge in [0.05, 0.1) is 11.1 Å². The maximum Gasteiger partial charge on any atom is 0.272 e. The summed E-state index contributed by atoms with van der Waals surface area (Å²) in [5.74, 6) is -1.06. The number of nitrogens with zero attached hydrogens (tertiary/aromatic N) is 2. The zero-order valence-electron chi connectivity index (χ0n) is 20.3. The van der Waals surface area contributed by atoms with E-state index >= 15 is 0 Å². The standard InChI is InChI=1S/C28H27N5O3/c1-28(2,3)24(18-12-6-4-7-13-18)31-33-27(36)23(29-25(34)19-14-8-5-9-15-19)22-20-16-10-11-17-21(20)26(35)32-30-22/h4-17,23H,1-3H3,(H,29,34)(H,32,35)(H,33,36)/b31-24-. The number of fused-ring (bicyclic) bond motifs is 1. The van der Waals surface area contributed by atoms with Crippen LogP contribution in [0.2, 0.25) is 0 Å². The molecule has 8 heteroatoms. The average molecular weight is 482 g/mol. The Kier molecular flexibility index (Phi) is 7.05. The van der Waals surface area contributed by atoms with Crippen molar-refractivity contribution in [2.24, 2.45) is 10.5 Å². The highest BCUT2D eigenvalue weighted by Gasteiger charge is 2.28. The van der Waals surface area contributed by atoms with Gasteiger partial charge in [-0.1, -0.05) is 87.5 Å². The quantitative estimate of drug-likeness (QED) is 0.285. The normalized spacial score (nSPS) is 12.7. The van der Waals surface area contributed by atoms with Crippen LogP contribution in [-0.4, -0.2) is 27.7 Å². The third-order valence-electron chi connectivity index (χ3n) is 5.61. The summed E-state index contributed by atoms with van der Waals surface area (Å²) in [7, 11) is 0. The summed E-state index contributed by atoms with van der Waals surface area (Å²) >= 11 is 0. The summed E-state index contributed by atoms with van der Waals surface area (Å²) in [5, 5.41) is 14.6. The number of hydrazone groups is 1. The molecule has 1 aromatic heterocycles. The topological polar surface area (TPSA) is 116 Å². The molecule has 0 saturated heterocycles. The Morgan fingerprint density at radius 2 is 1.39 bits per heavy atom. The number of hydrogen-bond acceptors (Lipinski definition) is 5. The zero-order valence-corrected chi connectivity index (χ0v) is 20.3. The number of nitrogens with one attached hydrogen (secondary N) is 3. The molecule has 4 aromatic rings. The number of amides is 2. The van der Waals surface area contributed by atoms with Gasteiger partial charge in [-0.25, -0.2) is 10.5 Å². The Morgan fingerprint density at radius 1 is 0.833 bits per heavy atom. The minimum Gasteiger partial charge on any atom is -0.335 e. The lowest BCUT2D eigenvalue weighted by Crippen LogP contribution is -2.40. The second kappa shape index (κ2) is 10.4. The predicted octanol–water partition coefficient (Wildman–Crippen LogP) is 3.96. The number of benzene rings is 3. The van der Waals surface area contributed by atoms with Crippen LogP contribution >= 0.6 is 0 Å². The number of hydrogen-bond donors (Lipinski definition) is 3. The minimum absolute atomic E-state index is 0.208. The first-order valence-electron chi connectivity index (χ1n) is 11.5. The average Bonchev–Trinajstić information content (AvgIpc) is 2.88. The lowest BCUT2D eigenvalue weighted by molar-refractivity contribution is -0.123. The third-order valence-corrected chi connectivity index (χ3v) is 5.61. The zero-order chi connectivity index (χ0) is 25.7. The van der Waals surface area contributed by atoms with Crippen LogP contribution in [0.25, 0.3) is 10.8 Å².